The first kappa shape index (κ1) is 21.8. The molecule has 1 N–H and O–H groups in total. The Labute approximate surface area is 176 Å². The fourth-order valence-corrected chi connectivity index (χ4v) is 2.71. The fourth-order valence-electron chi connectivity index (χ4n) is 2.50. The van der Waals surface area contributed by atoms with E-state index in [0.29, 0.717) is 0 Å². The molecule has 0 fully saturated rings. The Balaban J connectivity index is 1.81. The largest absolute Gasteiger partial charge is 0.455 e. The molecule has 0 radical (unpaired) electrons. The van der Waals surface area contributed by atoms with E-state index >= 15 is 0 Å². The standard InChI is InChI=1S/C18H10ClF3N4O5/c19-14-4-1-10(18(20,21)22)7-13(14)17-6-3-12(31-17)9-23-24-15-5-2-11(25(27)28)8-16(15)26(29)30/h1-9,24H. The number of non-ortho nitro benzene ring substituents is 1. The number of benzene rings is 2. The van der Waals surface area contributed by atoms with Gasteiger partial charge in [-0.3, -0.25) is 25.7 Å². The number of hydrazone groups is 1. The summed E-state index contributed by atoms with van der Waals surface area (Å²) in [6.07, 6.45) is -3.43. The molecule has 13 heteroatoms. The predicted octanol–water partition coefficient (Wildman–Crippen LogP) is 5.88. The highest BCUT2D eigenvalue weighted by Crippen LogP contribution is 2.36. The number of hydrogen-bond donors (Lipinski definition) is 1. The number of furan rings is 1. The molecule has 0 spiro atoms. The van der Waals surface area contributed by atoms with E-state index in [1.165, 1.54) is 12.1 Å². The van der Waals surface area contributed by atoms with E-state index in [4.69, 9.17) is 16.0 Å². The molecule has 0 bridgehead atoms. The monoisotopic (exact) mass is 454 g/mol. The van der Waals surface area contributed by atoms with Crippen molar-refractivity contribution in [2.24, 2.45) is 5.10 Å². The van der Waals surface area contributed by atoms with Gasteiger partial charge < -0.3 is 4.42 Å². The van der Waals surface area contributed by atoms with Crippen molar-refractivity contribution in [3.05, 3.63) is 85.1 Å². The van der Waals surface area contributed by atoms with E-state index < -0.39 is 33.0 Å². The first-order valence-corrected chi connectivity index (χ1v) is 8.63. The molecule has 0 aliphatic carbocycles. The Hall–Kier alpha value is -3.93. The molecule has 0 aliphatic rings. The van der Waals surface area contributed by atoms with Crippen molar-refractivity contribution < 1.29 is 27.4 Å². The second-order valence-electron chi connectivity index (χ2n) is 5.98. The van der Waals surface area contributed by atoms with Crippen molar-refractivity contribution in [3.8, 4) is 11.3 Å². The quantitative estimate of drug-likeness (QED) is 0.281. The van der Waals surface area contributed by atoms with Gasteiger partial charge in [0.15, 0.2) is 0 Å². The van der Waals surface area contributed by atoms with Gasteiger partial charge in [0.2, 0.25) is 0 Å². The van der Waals surface area contributed by atoms with Crippen LogP contribution in [0.5, 0.6) is 0 Å². The van der Waals surface area contributed by atoms with Crippen molar-refractivity contribution >= 4 is 34.9 Å². The van der Waals surface area contributed by atoms with Crippen molar-refractivity contribution in [1.29, 1.82) is 0 Å². The van der Waals surface area contributed by atoms with Crippen LogP contribution in [0, 0.1) is 20.2 Å². The molecule has 9 nitrogen and oxygen atoms in total. The second kappa shape index (κ2) is 8.44. The van der Waals surface area contributed by atoms with E-state index in [0.717, 1.165) is 42.6 Å². The summed E-state index contributed by atoms with van der Waals surface area (Å²) in [5.74, 6) is 0.166. The summed E-state index contributed by atoms with van der Waals surface area (Å²) in [4.78, 5) is 20.3. The molecule has 0 atom stereocenters. The summed E-state index contributed by atoms with van der Waals surface area (Å²) >= 11 is 5.97. The summed E-state index contributed by atoms with van der Waals surface area (Å²) in [7, 11) is 0. The van der Waals surface area contributed by atoms with Gasteiger partial charge in [0, 0.05) is 11.6 Å². The maximum Gasteiger partial charge on any atom is 0.416 e. The van der Waals surface area contributed by atoms with Crippen molar-refractivity contribution in [1.82, 2.24) is 0 Å². The summed E-state index contributed by atoms with van der Waals surface area (Å²) in [5, 5.41) is 25.7. The van der Waals surface area contributed by atoms with Crippen LogP contribution in [0.4, 0.5) is 30.2 Å². The SMILES string of the molecule is O=[N+]([O-])c1ccc(NN=Cc2ccc(-c3cc(C(F)(F)F)ccc3Cl)o2)c([N+](=O)[O-])c1. The number of nitro benzene ring substituents is 2. The molecular formula is C18H10ClF3N4O5. The Morgan fingerprint density at radius 2 is 1.77 bits per heavy atom. The van der Waals surface area contributed by atoms with E-state index in [2.05, 4.69) is 10.5 Å². The van der Waals surface area contributed by atoms with Crippen LogP contribution in [0.2, 0.25) is 5.02 Å². The third kappa shape index (κ3) is 4.98. The Morgan fingerprint density at radius 1 is 1.03 bits per heavy atom. The lowest BCUT2D eigenvalue weighted by Gasteiger charge is -2.09. The smallest absolute Gasteiger partial charge is 0.416 e. The summed E-state index contributed by atoms with van der Waals surface area (Å²) in [6, 6.07) is 8.54. The number of nitrogens with one attached hydrogen (secondary N) is 1. The van der Waals surface area contributed by atoms with E-state index in [-0.39, 0.29) is 27.8 Å². The van der Waals surface area contributed by atoms with Crippen molar-refractivity contribution in [3.63, 3.8) is 0 Å². The molecule has 0 amide bonds. The molecule has 1 heterocycles. The number of anilines is 1. The van der Waals surface area contributed by atoms with Gasteiger partial charge >= 0.3 is 11.9 Å². The van der Waals surface area contributed by atoms with Crippen LogP contribution in [0.1, 0.15) is 11.3 Å². The highest BCUT2D eigenvalue weighted by molar-refractivity contribution is 6.33. The Kier molecular flexibility index (Phi) is 5.92. The van der Waals surface area contributed by atoms with Crippen molar-refractivity contribution in [2.45, 2.75) is 6.18 Å². The lowest BCUT2D eigenvalue weighted by molar-refractivity contribution is -0.393. The van der Waals surface area contributed by atoms with Gasteiger partial charge in [-0.2, -0.15) is 18.3 Å². The summed E-state index contributed by atoms with van der Waals surface area (Å²) in [5.41, 5.74) is 0.353. The number of alkyl halides is 3. The first-order valence-electron chi connectivity index (χ1n) is 8.25. The minimum absolute atomic E-state index is 0.0232. The van der Waals surface area contributed by atoms with Crippen LogP contribution >= 0.6 is 11.6 Å². The number of halogens is 4. The molecule has 31 heavy (non-hydrogen) atoms. The second-order valence-corrected chi connectivity index (χ2v) is 6.39. The minimum atomic E-state index is -4.56. The number of rotatable bonds is 6. The molecule has 160 valence electrons. The van der Waals surface area contributed by atoms with E-state index in [1.54, 1.807) is 0 Å². The Morgan fingerprint density at radius 3 is 2.42 bits per heavy atom. The molecular weight excluding hydrogens is 445 g/mol. The highest BCUT2D eigenvalue weighted by Gasteiger charge is 2.31. The molecule has 0 saturated carbocycles. The number of nitro groups is 2. The fraction of sp³-hybridized carbons (Fsp3) is 0.0556. The third-order valence-corrected chi connectivity index (χ3v) is 4.28. The van der Waals surface area contributed by atoms with Gasteiger partial charge in [-0.25, -0.2) is 0 Å². The normalized spacial score (nSPS) is 11.6. The summed E-state index contributed by atoms with van der Waals surface area (Å²) in [6.45, 7) is 0. The lowest BCUT2D eigenvalue weighted by Crippen LogP contribution is -2.04. The van der Waals surface area contributed by atoms with Gasteiger partial charge in [-0.05, 0) is 36.4 Å². The molecule has 0 aliphatic heterocycles. The molecule has 3 aromatic rings. The maximum atomic E-state index is 12.9. The third-order valence-electron chi connectivity index (χ3n) is 3.95. The molecule has 0 unspecified atom stereocenters. The average Bonchev–Trinajstić information content (AvgIpc) is 3.16. The van der Waals surface area contributed by atoms with Gasteiger partial charge in [-0.15, -0.1) is 0 Å². The van der Waals surface area contributed by atoms with Crippen LogP contribution < -0.4 is 5.43 Å². The number of nitrogens with zero attached hydrogens (tertiary/aromatic N) is 3. The molecule has 0 saturated heterocycles. The highest BCUT2D eigenvalue weighted by atomic mass is 35.5. The van der Waals surface area contributed by atoms with Crippen LogP contribution in [0.3, 0.4) is 0 Å². The van der Waals surface area contributed by atoms with Gasteiger partial charge in [0.1, 0.15) is 17.2 Å². The van der Waals surface area contributed by atoms with Crippen LogP contribution in [0.25, 0.3) is 11.3 Å². The topological polar surface area (TPSA) is 124 Å². The number of hydrogen-bond acceptors (Lipinski definition) is 7. The zero-order valence-corrected chi connectivity index (χ0v) is 15.8. The van der Waals surface area contributed by atoms with E-state index in [1.807, 2.05) is 0 Å². The molecule has 3 rings (SSSR count). The average molecular weight is 455 g/mol. The zero-order chi connectivity index (χ0) is 22.8. The van der Waals surface area contributed by atoms with Crippen molar-refractivity contribution in [2.75, 3.05) is 5.43 Å². The zero-order valence-electron chi connectivity index (χ0n) is 15.1. The minimum Gasteiger partial charge on any atom is -0.455 e. The predicted molar refractivity (Wildman–Crippen MR) is 105 cm³/mol. The molecule has 2 aromatic carbocycles. The van der Waals surface area contributed by atoms with Gasteiger partial charge in [0.05, 0.1) is 32.7 Å². The van der Waals surface area contributed by atoms with Crippen LogP contribution in [-0.2, 0) is 6.18 Å². The first-order chi connectivity index (χ1) is 14.6. The van der Waals surface area contributed by atoms with Crippen LogP contribution in [0.15, 0.2) is 58.0 Å². The van der Waals surface area contributed by atoms with Crippen LogP contribution in [-0.4, -0.2) is 16.1 Å². The van der Waals surface area contributed by atoms with Gasteiger partial charge in [0.25, 0.3) is 5.69 Å². The molecule has 1 aromatic heterocycles. The lowest BCUT2D eigenvalue weighted by atomic mass is 10.1. The Bertz CT molecular complexity index is 1190. The van der Waals surface area contributed by atoms with Gasteiger partial charge in [-0.1, -0.05) is 11.6 Å². The summed E-state index contributed by atoms with van der Waals surface area (Å²) < 4.78 is 44.2. The van der Waals surface area contributed by atoms with E-state index in [9.17, 15) is 33.4 Å². The maximum absolute atomic E-state index is 12.9.